The van der Waals surface area contributed by atoms with Crippen LogP contribution in [0.2, 0.25) is 0 Å². The maximum absolute atomic E-state index is 8.80. The number of rotatable bonds is 0. The van der Waals surface area contributed by atoms with Gasteiger partial charge in [-0.1, -0.05) is 0 Å². The van der Waals surface area contributed by atoms with Crippen molar-refractivity contribution in [2.24, 2.45) is 0 Å². The molecule has 2 aromatic rings. The molecule has 0 atom stereocenters. The molecule has 0 amide bonds. The average molecular weight is 189 g/mol. The van der Waals surface area contributed by atoms with Gasteiger partial charge in [0.2, 0.25) is 0 Å². The fourth-order valence-corrected chi connectivity index (χ4v) is 2.23. The van der Waals surface area contributed by atoms with E-state index in [4.69, 9.17) is 16.7 Å². The molecule has 0 aliphatic carbocycles. The number of nitrogens with zero attached hydrogens (tertiary/aromatic N) is 1. The molecule has 0 fully saturated rings. The highest BCUT2D eigenvalue weighted by Gasteiger charge is 2.08. The minimum atomic E-state index is 0.602. The normalized spacial score (nSPS) is 10.1. The second kappa shape index (κ2) is 2.64. The lowest BCUT2D eigenvalue weighted by atomic mass is 10.1. The van der Waals surface area contributed by atoms with Gasteiger partial charge >= 0.3 is 0 Å². The maximum Gasteiger partial charge on any atom is 0.101 e. The van der Waals surface area contributed by atoms with Crippen molar-refractivity contribution in [3.63, 3.8) is 0 Å². The van der Waals surface area contributed by atoms with E-state index in [9.17, 15) is 0 Å². The predicted octanol–water partition coefficient (Wildman–Crippen LogP) is 1.94. The van der Waals surface area contributed by atoms with Crippen LogP contribution in [0.3, 0.4) is 0 Å². The number of nitriles is 1. The second-order valence-electron chi connectivity index (χ2n) is 2.71. The lowest BCUT2D eigenvalue weighted by Gasteiger charge is -1.99. The summed E-state index contributed by atoms with van der Waals surface area (Å²) in [6.07, 6.45) is 0. The van der Waals surface area contributed by atoms with Crippen LogP contribution in [0.15, 0.2) is 17.5 Å². The standard InChI is InChI=1S/C9H7N3S/c10-3-5-4-13-9-7(12)2-1-6(11)8(5)9/h1-2,4H,11-12H2. The fraction of sp³-hybridized carbons (Fsp3) is 0. The third-order valence-electron chi connectivity index (χ3n) is 1.90. The van der Waals surface area contributed by atoms with Crippen molar-refractivity contribution in [3.8, 4) is 6.07 Å². The Morgan fingerprint density at radius 2 is 1.92 bits per heavy atom. The Morgan fingerprint density at radius 1 is 1.23 bits per heavy atom. The SMILES string of the molecule is N#Cc1csc2c(N)ccc(N)c12. The molecule has 3 nitrogen and oxygen atoms in total. The third-order valence-corrected chi connectivity index (χ3v) is 2.93. The number of anilines is 2. The highest BCUT2D eigenvalue weighted by atomic mass is 32.1. The highest BCUT2D eigenvalue weighted by molar-refractivity contribution is 7.18. The van der Waals surface area contributed by atoms with Gasteiger partial charge in [-0.25, -0.2) is 0 Å². The van der Waals surface area contributed by atoms with Crippen molar-refractivity contribution >= 4 is 32.8 Å². The van der Waals surface area contributed by atoms with Crippen molar-refractivity contribution in [3.05, 3.63) is 23.1 Å². The van der Waals surface area contributed by atoms with Gasteiger partial charge in [-0.15, -0.1) is 11.3 Å². The van der Waals surface area contributed by atoms with Crippen LogP contribution in [0, 0.1) is 11.3 Å². The summed E-state index contributed by atoms with van der Waals surface area (Å²) in [6.45, 7) is 0. The summed E-state index contributed by atoms with van der Waals surface area (Å²) in [4.78, 5) is 0. The van der Waals surface area contributed by atoms with Crippen molar-refractivity contribution in [2.75, 3.05) is 11.5 Å². The minimum Gasteiger partial charge on any atom is -0.398 e. The van der Waals surface area contributed by atoms with Crippen LogP contribution >= 0.6 is 11.3 Å². The summed E-state index contributed by atoms with van der Waals surface area (Å²) in [7, 11) is 0. The number of fused-ring (bicyclic) bond motifs is 1. The number of benzene rings is 1. The smallest absolute Gasteiger partial charge is 0.101 e. The molecule has 0 unspecified atom stereocenters. The zero-order valence-corrected chi connectivity index (χ0v) is 7.56. The van der Waals surface area contributed by atoms with Gasteiger partial charge < -0.3 is 11.5 Å². The van der Waals surface area contributed by atoms with Gasteiger partial charge in [0.15, 0.2) is 0 Å². The number of nitrogens with two attached hydrogens (primary N) is 2. The first-order valence-electron chi connectivity index (χ1n) is 3.69. The van der Waals surface area contributed by atoms with Gasteiger partial charge in [0, 0.05) is 22.1 Å². The molecule has 2 rings (SSSR count). The number of hydrogen-bond donors (Lipinski definition) is 2. The van der Waals surface area contributed by atoms with Gasteiger partial charge in [0.1, 0.15) is 6.07 Å². The molecule has 1 aromatic carbocycles. The minimum absolute atomic E-state index is 0.602. The van der Waals surface area contributed by atoms with Crippen LogP contribution in [0.5, 0.6) is 0 Å². The van der Waals surface area contributed by atoms with E-state index in [1.807, 2.05) is 0 Å². The summed E-state index contributed by atoms with van der Waals surface area (Å²) in [5.41, 5.74) is 13.4. The molecule has 0 radical (unpaired) electrons. The molecule has 0 aliphatic rings. The first-order valence-corrected chi connectivity index (χ1v) is 4.57. The summed E-state index contributed by atoms with van der Waals surface area (Å²) in [5.74, 6) is 0. The Hall–Kier alpha value is -1.73. The Bertz CT molecular complexity index is 507. The summed E-state index contributed by atoms with van der Waals surface area (Å²) < 4.78 is 0.900. The van der Waals surface area contributed by atoms with Crippen molar-refractivity contribution < 1.29 is 0 Å². The molecule has 1 aromatic heterocycles. The molecule has 0 bridgehead atoms. The molecule has 64 valence electrons. The van der Waals surface area contributed by atoms with Gasteiger partial charge in [0.05, 0.1) is 10.3 Å². The van der Waals surface area contributed by atoms with Crippen molar-refractivity contribution in [1.29, 1.82) is 5.26 Å². The molecule has 4 heteroatoms. The lowest BCUT2D eigenvalue weighted by Crippen LogP contribution is -1.90. The zero-order chi connectivity index (χ0) is 9.42. The molecule has 4 N–H and O–H groups in total. The molecule has 1 heterocycles. The molecule has 13 heavy (non-hydrogen) atoms. The molecule has 0 spiro atoms. The Kier molecular flexibility index (Phi) is 1.61. The topological polar surface area (TPSA) is 75.8 Å². The Balaban J connectivity index is 2.98. The van der Waals surface area contributed by atoms with Gasteiger partial charge in [-0.3, -0.25) is 0 Å². The lowest BCUT2D eigenvalue weighted by molar-refractivity contribution is 1.52. The van der Waals surface area contributed by atoms with E-state index in [0.29, 0.717) is 16.9 Å². The van der Waals surface area contributed by atoms with Crippen LogP contribution in [0.1, 0.15) is 5.56 Å². The molecule has 0 aliphatic heterocycles. The molecular weight excluding hydrogens is 182 g/mol. The molecule has 0 saturated carbocycles. The van der Waals surface area contributed by atoms with Crippen LogP contribution in [-0.2, 0) is 0 Å². The zero-order valence-electron chi connectivity index (χ0n) is 6.74. The van der Waals surface area contributed by atoms with Crippen LogP contribution in [0.25, 0.3) is 10.1 Å². The monoisotopic (exact) mass is 189 g/mol. The van der Waals surface area contributed by atoms with Gasteiger partial charge in [-0.05, 0) is 12.1 Å². The third kappa shape index (κ3) is 1.02. The first kappa shape index (κ1) is 7.90. The van der Waals surface area contributed by atoms with Crippen LogP contribution in [-0.4, -0.2) is 0 Å². The highest BCUT2D eigenvalue weighted by Crippen LogP contribution is 2.34. The molecule has 0 saturated heterocycles. The maximum atomic E-state index is 8.80. The predicted molar refractivity (Wildman–Crippen MR) is 55.4 cm³/mol. The van der Waals surface area contributed by atoms with E-state index in [1.54, 1.807) is 17.5 Å². The number of nitrogen functional groups attached to an aromatic ring is 2. The number of hydrogen-bond acceptors (Lipinski definition) is 4. The van der Waals surface area contributed by atoms with Crippen LogP contribution < -0.4 is 11.5 Å². The quantitative estimate of drug-likeness (QED) is 0.622. The van der Waals surface area contributed by atoms with Crippen molar-refractivity contribution in [2.45, 2.75) is 0 Å². The van der Waals surface area contributed by atoms with E-state index < -0.39 is 0 Å². The van der Waals surface area contributed by atoms with Crippen molar-refractivity contribution in [1.82, 2.24) is 0 Å². The number of thiophene rings is 1. The van der Waals surface area contributed by atoms with Gasteiger partial charge in [0.25, 0.3) is 0 Å². The summed E-state index contributed by atoms with van der Waals surface area (Å²) >= 11 is 1.45. The van der Waals surface area contributed by atoms with E-state index in [-0.39, 0.29) is 0 Å². The molecular formula is C9H7N3S. The second-order valence-corrected chi connectivity index (χ2v) is 3.59. The van der Waals surface area contributed by atoms with Crippen LogP contribution in [0.4, 0.5) is 11.4 Å². The largest absolute Gasteiger partial charge is 0.398 e. The first-order chi connectivity index (χ1) is 6.24. The summed E-state index contributed by atoms with van der Waals surface area (Å²) in [5, 5.41) is 11.4. The Morgan fingerprint density at radius 3 is 2.62 bits per heavy atom. The fourth-order valence-electron chi connectivity index (χ4n) is 1.28. The van der Waals surface area contributed by atoms with Gasteiger partial charge in [-0.2, -0.15) is 5.26 Å². The van der Waals surface area contributed by atoms with E-state index in [0.717, 1.165) is 10.1 Å². The van der Waals surface area contributed by atoms with E-state index in [1.165, 1.54) is 11.3 Å². The average Bonchev–Trinajstić information content (AvgIpc) is 2.56. The van der Waals surface area contributed by atoms with E-state index in [2.05, 4.69) is 6.07 Å². The Labute approximate surface area is 79.2 Å². The van der Waals surface area contributed by atoms with E-state index >= 15 is 0 Å². The summed E-state index contributed by atoms with van der Waals surface area (Å²) in [6, 6.07) is 5.58.